The summed E-state index contributed by atoms with van der Waals surface area (Å²) in [6.07, 6.45) is 1.56. The number of methoxy groups -OCH3 is 3. The van der Waals surface area contributed by atoms with E-state index in [-0.39, 0.29) is 71.8 Å². The number of dihydropyridines is 1. The molecule has 2 aliphatic heterocycles. The zero-order valence-corrected chi connectivity index (χ0v) is 52.9. The first-order chi connectivity index (χ1) is 39.4. The Balaban J connectivity index is 0.000000355. The van der Waals surface area contributed by atoms with Crippen LogP contribution in [0.3, 0.4) is 0 Å². The number of hydrogen-bond donors (Lipinski definition) is 9. The van der Waals surface area contributed by atoms with E-state index in [1.807, 2.05) is 32.0 Å². The second-order valence-corrected chi connectivity index (χ2v) is 25.4. The van der Waals surface area contributed by atoms with Crippen molar-refractivity contribution in [3.8, 4) is 11.5 Å². The Bertz CT molecular complexity index is 3020. The largest absolute Gasteiger partial charge is 0.493 e. The van der Waals surface area contributed by atoms with Crippen LogP contribution in [0.15, 0.2) is 86.9 Å². The number of rotatable bonds is 28. The highest BCUT2D eigenvalue weighted by Crippen LogP contribution is 2.42. The third-order valence-electron chi connectivity index (χ3n) is 13.9. The first-order valence-electron chi connectivity index (χ1n) is 27.3. The number of nitrogens with one attached hydrogen (secondary N) is 4. The number of primary amides is 1. The van der Waals surface area contributed by atoms with Crippen LogP contribution in [0.2, 0.25) is 10.0 Å². The summed E-state index contributed by atoms with van der Waals surface area (Å²) in [5, 5.41) is 24.9. The summed E-state index contributed by atoms with van der Waals surface area (Å²) >= 11 is 12.1. The second kappa shape index (κ2) is 33.9. The van der Waals surface area contributed by atoms with Gasteiger partial charge in [-0.05, 0) is 106 Å². The Labute approximate surface area is 504 Å². The standard InChI is InChI=1S/C30H53N3O6.C20H25ClN2O5.C7H8ClN3O4S2/c1-19(2)22(14-21-10-11-26(38-8)27(15-21)39-13-9-12-37-7)16-24(31)25(34)17-23(20(3)4)28(35)33-18-30(5,6)29(32)36;1-4-28-20(25)18-15(11-27-10-9-22)23-12(2)16(19(24)26-3)17(18)13-7-5-6-8-14(13)21;8-4-1-5-7(2-6(4)16(9,12)13)17(14,15)11-3-10-5/h10-11,15,19-20,22-25,34H,9,12-14,16-18,31H2,1-8H3,(H2,32,36)(H,33,35);5-8,17,23H,4,9-11,22H2,1-3H3;1-2,10-11H,3H2,(H2,9,12,13)/t22-,23+,24-,25-;;/m0../s1. The third kappa shape index (κ3) is 21.1. The molecule has 0 saturated carbocycles. The van der Waals surface area contributed by atoms with E-state index in [0.29, 0.717) is 77.8 Å². The van der Waals surface area contributed by atoms with Crippen LogP contribution in [-0.2, 0) is 64.6 Å². The maximum Gasteiger partial charge on any atom is 0.336 e. The predicted octanol–water partition coefficient (Wildman–Crippen LogP) is 5.21. The lowest BCUT2D eigenvalue weighted by molar-refractivity contribution is -0.139. The van der Waals surface area contributed by atoms with Gasteiger partial charge in [0, 0.05) is 55.9 Å². The minimum absolute atomic E-state index is 0.00829. The van der Waals surface area contributed by atoms with Gasteiger partial charge in [0.25, 0.3) is 0 Å². The number of carbonyl (C=O) groups is 4. The molecule has 470 valence electrons. The molecule has 3 aromatic carbocycles. The predicted molar refractivity (Wildman–Crippen MR) is 322 cm³/mol. The molecule has 3 aromatic rings. The van der Waals surface area contributed by atoms with E-state index >= 15 is 0 Å². The number of hydrogen-bond acceptors (Lipinski definition) is 19. The highest BCUT2D eigenvalue weighted by molar-refractivity contribution is 7.90. The highest BCUT2D eigenvalue weighted by Gasteiger charge is 2.40. The number of amides is 2. The average molecular weight is 1260 g/mol. The van der Waals surface area contributed by atoms with Crippen LogP contribution in [0.4, 0.5) is 5.69 Å². The Morgan fingerprint density at radius 1 is 0.905 bits per heavy atom. The minimum atomic E-state index is -4.07. The van der Waals surface area contributed by atoms with Crippen molar-refractivity contribution in [2.75, 3.05) is 79.4 Å². The molecular formula is C57H86Cl2N8O15S2. The first-order valence-corrected chi connectivity index (χ1v) is 31.1. The van der Waals surface area contributed by atoms with E-state index < -0.39 is 72.2 Å². The Morgan fingerprint density at radius 2 is 1.58 bits per heavy atom. The van der Waals surface area contributed by atoms with Crippen LogP contribution in [-0.4, -0.2) is 132 Å². The fraction of sp³-hybridized carbons (Fsp3) is 0.544. The number of aliphatic hydroxyl groups excluding tert-OH is 1. The number of primary sulfonamides is 1. The maximum absolute atomic E-state index is 12.9. The van der Waals surface area contributed by atoms with Gasteiger partial charge in [-0.2, -0.15) is 4.72 Å². The lowest BCUT2D eigenvalue weighted by Crippen LogP contribution is -2.46. The van der Waals surface area contributed by atoms with Crippen molar-refractivity contribution in [1.29, 1.82) is 0 Å². The number of allylic oxidation sites excluding steroid dienone is 1. The van der Waals surface area contributed by atoms with E-state index in [4.69, 9.17) is 74.0 Å². The molecule has 13 N–H and O–H groups in total. The number of sulfonamides is 2. The molecule has 0 saturated heterocycles. The number of halogens is 2. The summed E-state index contributed by atoms with van der Waals surface area (Å²) in [4.78, 5) is 49.4. The van der Waals surface area contributed by atoms with Crippen molar-refractivity contribution in [2.45, 2.75) is 109 Å². The van der Waals surface area contributed by atoms with Gasteiger partial charge in [-0.15, -0.1) is 0 Å². The van der Waals surface area contributed by atoms with E-state index in [2.05, 4.69) is 34.5 Å². The molecular weight excluding hydrogens is 1170 g/mol. The number of benzene rings is 3. The maximum atomic E-state index is 12.9. The Morgan fingerprint density at radius 3 is 2.15 bits per heavy atom. The lowest BCUT2D eigenvalue weighted by Gasteiger charge is -2.31. The fourth-order valence-electron chi connectivity index (χ4n) is 8.93. The molecule has 0 fully saturated rings. The van der Waals surface area contributed by atoms with Crippen molar-refractivity contribution in [3.05, 3.63) is 98.3 Å². The molecule has 5 atom stereocenters. The number of aliphatic hydroxyl groups is 1. The van der Waals surface area contributed by atoms with Gasteiger partial charge in [-0.25, -0.2) is 31.6 Å². The van der Waals surface area contributed by atoms with Crippen LogP contribution in [0.25, 0.3) is 0 Å². The third-order valence-corrected chi connectivity index (χ3v) is 17.1. The number of esters is 2. The zero-order chi connectivity index (χ0) is 63.3. The van der Waals surface area contributed by atoms with Crippen LogP contribution >= 0.6 is 23.2 Å². The van der Waals surface area contributed by atoms with Crippen molar-refractivity contribution >= 4 is 72.7 Å². The molecule has 0 spiro atoms. The van der Waals surface area contributed by atoms with Gasteiger partial charge in [-0.3, -0.25) is 9.59 Å². The van der Waals surface area contributed by atoms with E-state index in [1.165, 1.54) is 13.2 Å². The van der Waals surface area contributed by atoms with Gasteiger partial charge in [0.1, 0.15) is 9.79 Å². The fourth-order valence-corrected chi connectivity index (χ4v) is 11.5. The number of carbonyl (C=O) groups excluding carboxylic acids is 4. The normalized spacial score (nSPS) is 16.2. The van der Waals surface area contributed by atoms with Crippen LogP contribution < -0.4 is 52.5 Å². The van der Waals surface area contributed by atoms with Crippen molar-refractivity contribution < 1.29 is 69.5 Å². The van der Waals surface area contributed by atoms with E-state index in [0.717, 1.165) is 24.5 Å². The van der Waals surface area contributed by atoms with E-state index in [1.54, 1.807) is 66.2 Å². The monoisotopic (exact) mass is 1260 g/mol. The van der Waals surface area contributed by atoms with Crippen molar-refractivity contribution in [2.24, 2.45) is 51.4 Å². The summed E-state index contributed by atoms with van der Waals surface area (Å²) in [5.74, 6) is -1.07. The summed E-state index contributed by atoms with van der Waals surface area (Å²) < 4.78 is 80.2. The van der Waals surface area contributed by atoms with Crippen molar-refractivity contribution in [3.63, 3.8) is 0 Å². The summed E-state index contributed by atoms with van der Waals surface area (Å²) in [5.41, 5.74) is 20.1. The molecule has 0 bridgehead atoms. The molecule has 23 nitrogen and oxygen atoms in total. The molecule has 84 heavy (non-hydrogen) atoms. The van der Waals surface area contributed by atoms with Gasteiger partial charge in [0.2, 0.25) is 31.9 Å². The SMILES string of the molecule is CCOC(=O)C1=C(COCCN)NC(C)=C(C(=O)OC)C1c1ccccc1Cl.COCCCOc1cc(C[C@@H](C[C@H](N)[C@@H](O)C[C@@H](C(=O)NCC(C)(C)C(N)=O)C(C)C)C(C)C)ccc1OC.NS(=O)(=O)c1cc2c(cc1Cl)NCNS2(=O)=O. The second-order valence-electron chi connectivity index (χ2n) is 21.3. The summed E-state index contributed by atoms with van der Waals surface area (Å²) in [6, 6.07) is 14.7. The lowest BCUT2D eigenvalue weighted by atomic mass is 9.80. The number of fused-ring (bicyclic) bond motifs is 1. The summed E-state index contributed by atoms with van der Waals surface area (Å²) in [6.45, 7) is 17.3. The van der Waals surface area contributed by atoms with E-state index in [9.17, 15) is 41.1 Å². The van der Waals surface area contributed by atoms with Crippen LogP contribution in [0.1, 0.15) is 91.7 Å². The average Bonchev–Trinajstić information content (AvgIpc) is 0.978. The van der Waals surface area contributed by atoms with Gasteiger partial charge >= 0.3 is 11.9 Å². The Kier molecular flexibility index (Phi) is 29.4. The molecule has 27 heteroatoms. The number of anilines is 1. The number of ether oxygens (including phenoxy) is 6. The molecule has 0 radical (unpaired) electrons. The van der Waals surface area contributed by atoms with Crippen molar-refractivity contribution in [1.82, 2.24) is 15.4 Å². The van der Waals surface area contributed by atoms with Gasteiger partial charge < -0.3 is 66.7 Å². The summed E-state index contributed by atoms with van der Waals surface area (Å²) in [7, 11) is -3.22. The smallest absolute Gasteiger partial charge is 0.336 e. The van der Waals surface area contributed by atoms with Crippen LogP contribution in [0, 0.1) is 29.1 Å². The number of nitrogens with two attached hydrogens (primary N) is 4. The molecule has 2 amide bonds. The molecule has 5 rings (SSSR count). The first kappa shape index (κ1) is 72.7. The molecule has 0 aromatic heterocycles. The Hall–Kier alpha value is -5.58. The van der Waals surface area contributed by atoms with Gasteiger partial charge in [-0.1, -0.05) is 75.2 Å². The molecule has 1 unspecified atom stereocenters. The van der Waals surface area contributed by atoms with Gasteiger partial charge in [0.05, 0.1) is 92.3 Å². The molecule has 2 heterocycles. The topological polar surface area (TPSA) is 364 Å². The highest BCUT2D eigenvalue weighted by atomic mass is 35.5. The quantitative estimate of drug-likeness (QED) is 0.0333. The molecule has 2 aliphatic rings. The zero-order valence-electron chi connectivity index (χ0n) is 49.8. The molecule has 0 aliphatic carbocycles. The van der Waals surface area contributed by atoms with Gasteiger partial charge in [0.15, 0.2) is 11.5 Å². The minimum Gasteiger partial charge on any atom is -0.493 e. The van der Waals surface area contributed by atoms with Crippen LogP contribution in [0.5, 0.6) is 11.5 Å².